The first kappa shape index (κ1) is 11.1. The Hall–Kier alpha value is -1.72. The van der Waals surface area contributed by atoms with Crippen molar-refractivity contribution >= 4 is 0 Å². The van der Waals surface area contributed by atoms with Crippen molar-refractivity contribution < 1.29 is 18.3 Å². The van der Waals surface area contributed by atoms with Crippen LogP contribution in [-0.2, 0) is 35.9 Å². The van der Waals surface area contributed by atoms with Crippen LogP contribution in [0.25, 0.3) is 5.69 Å². The number of benzene rings is 1. The van der Waals surface area contributed by atoms with Crippen LogP contribution < -0.4 is 0 Å². The van der Waals surface area contributed by atoms with Crippen molar-refractivity contribution in [2.75, 3.05) is 0 Å². The minimum absolute atomic E-state index is 0.356. The van der Waals surface area contributed by atoms with Gasteiger partial charge in [-0.3, -0.25) is 0 Å². The summed E-state index contributed by atoms with van der Waals surface area (Å²) in [7, 11) is 0. The maximum Gasteiger partial charge on any atom is 0.150 e. The van der Waals surface area contributed by atoms with E-state index in [9.17, 15) is 8.78 Å². The second kappa shape index (κ2) is 3.88. The largest absolute Gasteiger partial charge is 0.370 e. The van der Waals surface area contributed by atoms with Gasteiger partial charge in [0.25, 0.3) is 0 Å². The van der Waals surface area contributed by atoms with Crippen LogP contribution in [0.2, 0.25) is 0 Å². The normalized spacial score (nSPS) is 16.7. The van der Waals surface area contributed by atoms with Crippen molar-refractivity contribution in [1.29, 1.82) is 0 Å². The molecule has 0 aliphatic carbocycles. The summed E-state index contributed by atoms with van der Waals surface area (Å²) in [6.45, 7) is 1.99. The van der Waals surface area contributed by atoms with Gasteiger partial charge in [0, 0.05) is 17.2 Å². The van der Waals surface area contributed by atoms with Crippen molar-refractivity contribution in [2.45, 2.75) is 26.4 Å². The van der Waals surface area contributed by atoms with Gasteiger partial charge in [0.05, 0.1) is 43.5 Å². The molecule has 0 spiro atoms. The maximum atomic E-state index is 14.0. The molecule has 2 aliphatic rings. The lowest BCUT2D eigenvalue weighted by Crippen LogP contribution is -2.06. The van der Waals surface area contributed by atoms with Crippen LogP contribution in [-0.4, -0.2) is 4.57 Å². The standard InChI is InChI=1S/C14H11F2NO2/c15-8-1-2-12(11(16)3-8)17-13-6-18-4-9(13)10-5-19-7-14(10)17/h1-3H,4-7H2. The van der Waals surface area contributed by atoms with Crippen LogP contribution >= 0.6 is 0 Å². The fourth-order valence-corrected chi connectivity index (χ4v) is 2.88. The van der Waals surface area contributed by atoms with Gasteiger partial charge in [-0.1, -0.05) is 0 Å². The monoisotopic (exact) mass is 263 g/mol. The van der Waals surface area contributed by atoms with E-state index in [0.29, 0.717) is 32.1 Å². The van der Waals surface area contributed by atoms with Gasteiger partial charge in [-0.25, -0.2) is 8.78 Å². The highest BCUT2D eigenvalue weighted by molar-refractivity contribution is 5.49. The first-order chi connectivity index (χ1) is 9.25. The fraction of sp³-hybridized carbons (Fsp3) is 0.286. The van der Waals surface area contributed by atoms with E-state index in [2.05, 4.69) is 0 Å². The highest BCUT2D eigenvalue weighted by Gasteiger charge is 2.31. The molecule has 2 aromatic rings. The van der Waals surface area contributed by atoms with Crippen molar-refractivity contribution in [1.82, 2.24) is 4.57 Å². The number of hydrogen-bond donors (Lipinski definition) is 0. The Morgan fingerprint density at radius 3 is 2.11 bits per heavy atom. The highest BCUT2D eigenvalue weighted by Crippen LogP contribution is 2.37. The second-order valence-electron chi connectivity index (χ2n) is 4.77. The lowest BCUT2D eigenvalue weighted by atomic mass is 10.1. The van der Waals surface area contributed by atoms with Gasteiger partial charge in [-0.15, -0.1) is 0 Å². The zero-order valence-electron chi connectivity index (χ0n) is 10.1. The zero-order valence-corrected chi connectivity index (χ0v) is 10.1. The number of fused-ring (bicyclic) bond motifs is 3. The van der Waals surface area contributed by atoms with E-state index >= 15 is 0 Å². The second-order valence-corrected chi connectivity index (χ2v) is 4.77. The van der Waals surface area contributed by atoms with Crippen LogP contribution in [0.15, 0.2) is 18.2 Å². The average Bonchev–Trinajstić information content (AvgIpc) is 3.03. The summed E-state index contributed by atoms with van der Waals surface area (Å²) in [5.41, 5.74) is 4.46. The van der Waals surface area contributed by atoms with Crippen molar-refractivity contribution in [3.05, 3.63) is 52.3 Å². The minimum atomic E-state index is -0.575. The van der Waals surface area contributed by atoms with Crippen molar-refractivity contribution in [2.24, 2.45) is 0 Å². The van der Waals surface area contributed by atoms with Crippen LogP contribution in [0, 0.1) is 11.6 Å². The Morgan fingerprint density at radius 2 is 1.53 bits per heavy atom. The Balaban J connectivity index is 1.99. The van der Waals surface area contributed by atoms with Gasteiger partial charge in [-0.2, -0.15) is 0 Å². The summed E-state index contributed by atoms with van der Waals surface area (Å²) in [6, 6.07) is 3.63. The smallest absolute Gasteiger partial charge is 0.150 e. The highest BCUT2D eigenvalue weighted by atomic mass is 19.1. The number of nitrogens with zero attached hydrogens (tertiary/aromatic N) is 1. The molecule has 0 amide bonds. The van der Waals surface area contributed by atoms with Crippen LogP contribution in [0.1, 0.15) is 22.5 Å². The molecule has 0 atom stereocenters. The number of hydrogen-bond acceptors (Lipinski definition) is 2. The molecule has 3 nitrogen and oxygen atoms in total. The third kappa shape index (κ3) is 1.49. The minimum Gasteiger partial charge on any atom is -0.370 e. The molecule has 1 aromatic carbocycles. The molecule has 19 heavy (non-hydrogen) atoms. The summed E-state index contributed by atoms with van der Waals surface area (Å²) < 4.78 is 39.7. The summed E-state index contributed by atoms with van der Waals surface area (Å²) in [5, 5.41) is 0. The first-order valence-corrected chi connectivity index (χ1v) is 6.11. The Morgan fingerprint density at radius 1 is 0.895 bits per heavy atom. The first-order valence-electron chi connectivity index (χ1n) is 6.11. The SMILES string of the molecule is Fc1ccc(-n2c3c(c4c2COC4)COC3)c(F)c1. The molecule has 2 aliphatic heterocycles. The molecule has 0 radical (unpaired) electrons. The summed E-state index contributed by atoms with van der Waals surface area (Å²) >= 11 is 0. The Bertz CT molecular complexity index is 647. The lowest BCUT2D eigenvalue weighted by molar-refractivity contribution is 0.128. The van der Waals surface area contributed by atoms with E-state index in [-0.39, 0.29) is 0 Å². The van der Waals surface area contributed by atoms with Gasteiger partial charge >= 0.3 is 0 Å². The quantitative estimate of drug-likeness (QED) is 0.789. The van der Waals surface area contributed by atoms with E-state index in [1.54, 1.807) is 0 Å². The molecule has 0 unspecified atom stereocenters. The summed E-state index contributed by atoms with van der Waals surface area (Å²) in [6.07, 6.45) is 0. The predicted octanol–water partition coefficient (Wildman–Crippen LogP) is 2.82. The number of halogens is 2. The molecule has 0 fully saturated rings. The number of rotatable bonds is 1. The number of aromatic nitrogens is 1. The van der Waals surface area contributed by atoms with E-state index < -0.39 is 11.6 Å². The molecule has 0 bridgehead atoms. The molecule has 0 saturated carbocycles. The molecule has 3 heterocycles. The van der Waals surface area contributed by atoms with Gasteiger partial charge in [0.2, 0.25) is 0 Å². The Labute approximate surface area is 108 Å². The van der Waals surface area contributed by atoms with Crippen molar-refractivity contribution in [3.63, 3.8) is 0 Å². The molecule has 0 N–H and O–H groups in total. The van der Waals surface area contributed by atoms with E-state index in [4.69, 9.17) is 9.47 Å². The molecule has 5 heteroatoms. The van der Waals surface area contributed by atoms with E-state index in [1.165, 1.54) is 12.1 Å². The van der Waals surface area contributed by atoms with Gasteiger partial charge in [0.1, 0.15) is 11.6 Å². The van der Waals surface area contributed by atoms with Crippen LogP contribution in [0.4, 0.5) is 8.78 Å². The summed E-state index contributed by atoms with van der Waals surface area (Å²) in [5.74, 6) is -1.14. The van der Waals surface area contributed by atoms with Crippen LogP contribution in [0.3, 0.4) is 0 Å². The maximum absolute atomic E-state index is 14.0. The molecule has 1 aromatic heterocycles. The molecular weight excluding hydrogens is 252 g/mol. The van der Waals surface area contributed by atoms with Crippen molar-refractivity contribution in [3.8, 4) is 5.69 Å². The van der Waals surface area contributed by atoms with E-state index in [0.717, 1.165) is 28.6 Å². The number of ether oxygens (including phenoxy) is 2. The topological polar surface area (TPSA) is 23.4 Å². The molecule has 4 rings (SSSR count). The third-order valence-electron chi connectivity index (χ3n) is 3.72. The molecular formula is C14H11F2NO2. The van der Waals surface area contributed by atoms with Crippen LogP contribution in [0.5, 0.6) is 0 Å². The van der Waals surface area contributed by atoms with Gasteiger partial charge in [0.15, 0.2) is 0 Å². The Kier molecular flexibility index (Phi) is 2.28. The predicted molar refractivity (Wildman–Crippen MR) is 62.7 cm³/mol. The third-order valence-corrected chi connectivity index (χ3v) is 3.72. The summed E-state index contributed by atoms with van der Waals surface area (Å²) in [4.78, 5) is 0. The van der Waals surface area contributed by atoms with Gasteiger partial charge < -0.3 is 14.0 Å². The fourth-order valence-electron chi connectivity index (χ4n) is 2.88. The average molecular weight is 263 g/mol. The molecule has 0 saturated heterocycles. The lowest BCUT2D eigenvalue weighted by Gasteiger charge is -2.12. The van der Waals surface area contributed by atoms with E-state index in [1.807, 2.05) is 4.57 Å². The van der Waals surface area contributed by atoms with Gasteiger partial charge in [-0.05, 0) is 12.1 Å². The zero-order chi connectivity index (χ0) is 13.0. The molecule has 98 valence electrons.